The zero-order valence-corrected chi connectivity index (χ0v) is 14.1. The molecule has 2 aromatic rings. The standard InChI is InChI=1S/C18H18FN3O4/c19-14-2-3-15(16(10-14)22(23)24)21-7-5-20(6-8-21)11-13-1-4-17-18(9-13)26-12-25-17/h1-4,9-10H,5-8,11-12H2. The maximum Gasteiger partial charge on any atom is 0.295 e. The third-order valence-corrected chi connectivity index (χ3v) is 4.69. The van der Waals surface area contributed by atoms with Gasteiger partial charge >= 0.3 is 0 Å². The van der Waals surface area contributed by atoms with E-state index in [1.54, 1.807) is 0 Å². The van der Waals surface area contributed by atoms with Crippen molar-refractivity contribution >= 4 is 11.4 Å². The van der Waals surface area contributed by atoms with Gasteiger partial charge in [-0.05, 0) is 29.8 Å². The van der Waals surface area contributed by atoms with Crippen LogP contribution in [0.1, 0.15) is 5.56 Å². The van der Waals surface area contributed by atoms with Crippen molar-refractivity contribution in [3.05, 3.63) is 57.9 Å². The smallest absolute Gasteiger partial charge is 0.295 e. The molecule has 0 N–H and O–H groups in total. The number of nitro benzene ring substituents is 1. The fourth-order valence-electron chi connectivity index (χ4n) is 3.35. The first-order valence-electron chi connectivity index (χ1n) is 8.40. The van der Waals surface area contributed by atoms with Gasteiger partial charge in [-0.1, -0.05) is 6.07 Å². The van der Waals surface area contributed by atoms with E-state index in [2.05, 4.69) is 4.90 Å². The molecular weight excluding hydrogens is 341 g/mol. The van der Waals surface area contributed by atoms with E-state index in [1.165, 1.54) is 12.1 Å². The highest BCUT2D eigenvalue weighted by atomic mass is 19.1. The molecule has 1 saturated heterocycles. The first-order chi connectivity index (χ1) is 12.6. The van der Waals surface area contributed by atoms with Crippen molar-refractivity contribution < 1.29 is 18.8 Å². The van der Waals surface area contributed by atoms with Crippen molar-refractivity contribution in [2.75, 3.05) is 37.9 Å². The molecule has 1 fully saturated rings. The first kappa shape index (κ1) is 16.6. The van der Waals surface area contributed by atoms with Crippen molar-refractivity contribution in [2.24, 2.45) is 0 Å². The van der Waals surface area contributed by atoms with Gasteiger partial charge in [-0.2, -0.15) is 0 Å². The van der Waals surface area contributed by atoms with Crippen LogP contribution < -0.4 is 14.4 Å². The number of halogens is 1. The van der Waals surface area contributed by atoms with Crippen LogP contribution in [0.15, 0.2) is 36.4 Å². The Labute approximate surface area is 149 Å². The SMILES string of the molecule is O=[N+]([O-])c1cc(F)ccc1N1CCN(Cc2ccc3c(c2)OCO3)CC1. The van der Waals surface area contributed by atoms with Gasteiger partial charge in [0, 0.05) is 32.7 Å². The van der Waals surface area contributed by atoms with Crippen LogP contribution in [0, 0.1) is 15.9 Å². The van der Waals surface area contributed by atoms with E-state index in [1.807, 2.05) is 23.1 Å². The summed E-state index contributed by atoms with van der Waals surface area (Å²) in [5, 5.41) is 11.2. The zero-order valence-electron chi connectivity index (χ0n) is 14.1. The zero-order chi connectivity index (χ0) is 18.1. The van der Waals surface area contributed by atoms with Gasteiger partial charge < -0.3 is 14.4 Å². The maximum absolute atomic E-state index is 13.3. The molecule has 2 aliphatic heterocycles. The van der Waals surface area contributed by atoms with Gasteiger partial charge in [-0.15, -0.1) is 0 Å². The number of nitrogens with zero attached hydrogens (tertiary/aromatic N) is 3. The number of fused-ring (bicyclic) bond motifs is 1. The van der Waals surface area contributed by atoms with E-state index in [9.17, 15) is 14.5 Å². The molecular formula is C18H18FN3O4. The Morgan fingerprint density at radius 2 is 1.81 bits per heavy atom. The van der Waals surface area contributed by atoms with Gasteiger partial charge in [0.25, 0.3) is 5.69 Å². The summed E-state index contributed by atoms with van der Waals surface area (Å²) in [6, 6.07) is 9.65. The Balaban J connectivity index is 1.41. The fourth-order valence-corrected chi connectivity index (χ4v) is 3.35. The number of hydrogen-bond donors (Lipinski definition) is 0. The normalized spacial score (nSPS) is 16.7. The monoisotopic (exact) mass is 359 g/mol. The molecule has 2 heterocycles. The third-order valence-electron chi connectivity index (χ3n) is 4.69. The second-order valence-corrected chi connectivity index (χ2v) is 6.34. The number of rotatable bonds is 4. The lowest BCUT2D eigenvalue weighted by Crippen LogP contribution is -2.46. The molecule has 0 amide bonds. The molecule has 0 radical (unpaired) electrons. The lowest BCUT2D eigenvalue weighted by Gasteiger charge is -2.35. The molecule has 26 heavy (non-hydrogen) atoms. The van der Waals surface area contributed by atoms with Crippen LogP contribution in [-0.2, 0) is 6.54 Å². The van der Waals surface area contributed by atoms with E-state index >= 15 is 0 Å². The Morgan fingerprint density at radius 3 is 2.58 bits per heavy atom. The van der Waals surface area contributed by atoms with Crippen molar-refractivity contribution in [2.45, 2.75) is 6.54 Å². The summed E-state index contributed by atoms with van der Waals surface area (Å²) in [6.45, 7) is 3.86. The van der Waals surface area contributed by atoms with E-state index in [0.29, 0.717) is 18.8 Å². The van der Waals surface area contributed by atoms with Crippen molar-refractivity contribution in [3.63, 3.8) is 0 Å². The van der Waals surface area contributed by atoms with Gasteiger partial charge in [-0.25, -0.2) is 4.39 Å². The van der Waals surface area contributed by atoms with Crippen molar-refractivity contribution in [3.8, 4) is 11.5 Å². The highest BCUT2D eigenvalue weighted by molar-refractivity contribution is 5.63. The summed E-state index contributed by atoms with van der Waals surface area (Å²) >= 11 is 0. The minimum Gasteiger partial charge on any atom is -0.454 e. The predicted molar refractivity (Wildman–Crippen MR) is 93.1 cm³/mol. The largest absolute Gasteiger partial charge is 0.454 e. The van der Waals surface area contributed by atoms with Crippen LogP contribution in [0.5, 0.6) is 11.5 Å². The number of nitro groups is 1. The van der Waals surface area contributed by atoms with Crippen molar-refractivity contribution in [1.29, 1.82) is 0 Å². The highest BCUT2D eigenvalue weighted by Crippen LogP contribution is 2.33. The molecule has 0 aliphatic carbocycles. The predicted octanol–water partition coefficient (Wildman–Crippen LogP) is 2.78. The Bertz CT molecular complexity index is 837. The summed E-state index contributed by atoms with van der Waals surface area (Å²) in [6.07, 6.45) is 0. The summed E-state index contributed by atoms with van der Waals surface area (Å²) in [5.74, 6) is 0.937. The van der Waals surface area contributed by atoms with Crippen LogP contribution in [0.4, 0.5) is 15.8 Å². The van der Waals surface area contributed by atoms with E-state index in [0.717, 1.165) is 42.8 Å². The maximum atomic E-state index is 13.3. The number of benzene rings is 2. The van der Waals surface area contributed by atoms with Gasteiger partial charge in [0.15, 0.2) is 11.5 Å². The molecule has 0 unspecified atom stereocenters. The Kier molecular flexibility index (Phi) is 4.34. The lowest BCUT2D eigenvalue weighted by atomic mass is 10.1. The first-order valence-corrected chi connectivity index (χ1v) is 8.40. The van der Waals surface area contributed by atoms with Gasteiger partial charge in [0.05, 0.1) is 11.0 Å². The van der Waals surface area contributed by atoms with Crippen LogP contribution >= 0.6 is 0 Å². The second kappa shape index (κ2) is 6.80. The Morgan fingerprint density at radius 1 is 1.04 bits per heavy atom. The topological polar surface area (TPSA) is 68.1 Å². The van der Waals surface area contributed by atoms with Crippen LogP contribution in [0.3, 0.4) is 0 Å². The van der Waals surface area contributed by atoms with E-state index < -0.39 is 10.7 Å². The molecule has 0 atom stereocenters. The van der Waals surface area contributed by atoms with Gasteiger partial charge in [0.2, 0.25) is 6.79 Å². The third kappa shape index (κ3) is 3.28. The molecule has 0 bridgehead atoms. The molecule has 2 aliphatic rings. The molecule has 0 saturated carbocycles. The summed E-state index contributed by atoms with van der Waals surface area (Å²) in [4.78, 5) is 14.9. The number of hydrogen-bond acceptors (Lipinski definition) is 6. The average molecular weight is 359 g/mol. The summed E-state index contributed by atoms with van der Waals surface area (Å²) < 4.78 is 24.0. The van der Waals surface area contributed by atoms with Crippen molar-refractivity contribution in [1.82, 2.24) is 4.90 Å². The minimum absolute atomic E-state index is 0.186. The second-order valence-electron chi connectivity index (χ2n) is 6.34. The Hall–Kier alpha value is -2.87. The highest BCUT2D eigenvalue weighted by Gasteiger charge is 2.24. The molecule has 0 aromatic heterocycles. The summed E-state index contributed by atoms with van der Waals surface area (Å²) in [7, 11) is 0. The quantitative estimate of drug-likeness (QED) is 0.618. The van der Waals surface area contributed by atoms with E-state index in [-0.39, 0.29) is 12.5 Å². The molecule has 2 aromatic carbocycles. The fraction of sp³-hybridized carbons (Fsp3) is 0.333. The molecule has 7 nitrogen and oxygen atoms in total. The number of anilines is 1. The van der Waals surface area contributed by atoms with E-state index in [4.69, 9.17) is 9.47 Å². The molecule has 8 heteroatoms. The lowest BCUT2D eigenvalue weighted by molar-refractivity contribution is -0.384. The minimum atomic E-state index is -0.595. The molecule has 4 rings (SSSR count). The van der Waals surface area contributed by atoms with Crippen LogP contribution in [-0.4, -0.2) is 42.8 Å². The van der Waals surface area contributed by atoms with Crippen LogP contribution in [0.25, 0.3) is 0 Å². The van der Waals surface area contributed by atoms with Crippen LogP contribution in [0.2, 0.25) is 0 Å². The summed E-state index contributed by atoms with van der Waals surface area (Å²) in [5.41, 5.74) is 1.42. The molecule has 0 spiro atoms. The van der Waals surface area contributed by atoms with Gasteiger partial charge in [-0.3, -0.25) is 15.0 Å². The van der Waals surface area contributed by atoms with Gasteiger partial charge in [0.1, 0.15) is 11.5 Å². The number of ether oxygens (including phenoxy) is 2. The number of piperazine rings is 1. The molecule has 136 valence electrons. The average Bonchev–Trinajstić information content (AvgIpc) is 3.10.